The standard InChI is InChI=1S/C16H30N2O2/c1-2-16(20)18-11-14(7-8-19)9-15(12-18)17-10-13-5-3-4-6-13/h13-15,17,19H,2-12H2,1H3. The molecule has 0 aromatic carbocycles. The van der Waals surface area contributed by atoms with E-state index in [9.17, 15) is 4.79 Å². The topological polar surface area (TPSA) is 52.6 Å². The predicted octanol–water partition coefficient (Wildman–Crippen LogP) is 1.78. The molecule has 0 radical (unpaired) electrons. The van der Waals surface area contributed by atoms with E-state index in [2.05, 4.69) is 5.32 Å². The van der Waals surface area contributed by atoms with Crippen LogP contribution in [0.4, 0.5) is 0 Å². The summed E-state index contributed by atoms with van der Waals surface area (Å²) in [6.45, 7) is 4.94. The maximum absolute atomic E-state index is 12.0. The third-order valence-electron chi connectivity index (χ3n) is 4.90. The third-order valence-corrected chi connectivity index (χ3v) is 4.90. The molecule has 1 heterocycles. The zero-order chi connectivity index (χ0) is 14.4. The van der Waals surface area contributed by atoms with E-state index in [1.807, 2.05) is 11.8 Å². The molecule has 0 aromatic rings. The minimum atomic E-state index is 0.230. The van der Waals surface area contributed by atoms with E-state index in [0.717, 1.165) is 38.4 Å². The van der Waals surface area contributed by atoms with Crippen molar-refractivity contribution in [1.82, 2.24) is 10.2 Å². The van der Waals surface area contributed by atoms with E-state index in [1.54, 1.807) is 0 Å². The van der Waals surface area contributed by atoms with E-state index in [-0.39, 0.29) is 12.5 Å². The van der Waals surface area contributed by atoms with Gasteiger partial charge < -0.3 is 15.3 Å². The van der Waals surface area contributed by atoms with Gasteiger partial charge in [-0.2, -0.15) is 0 Å². The fourth-order valence-electron chi connectivity index (χ4n) is 3.72. The fraction of sp³-hybridized carbons (Fsp3) is 0.938. The first-order valence-corrected chi connectivity index (χ1v) is 8.35. The number of likely N-dealkylation sites (tertiary alicyclic amines) is 1. The number of piperidine rings is 1. The maximum Gasteiger partial charge on any atom is 0.222 e. The van der Waals surface area contributed by atoms with Crippen LogP contribution in [0, 0.1) is 11.8 Å². The van der Waals surface area contributed by atoms with Gasteiger partial charge >= 0.3 is 0 Å². The van der Waals surface area contributed by atoms with Crippen LogP contribution in [0.15, 0.2) is 0 Å². The Morgan fingerprint density at radius 1 is 1.25 bits per heavy atom. The van der Waals surface area contributed by atoms with Crippen LogP contribution in [0.3, 0.4) is 0 Å². The minimum Gasteiger partial charge on any atom is -0.396 e. The normalized spacial score (nSPS) is 28.0. The van der Waals surface area contributed by atoms with Gasteiger partial charge in [0.15, 0.2) is 0 Å². The number of nitrogens with zero attached hydrogens (tertiary/aromatic N) is 1. The number of rotatable bonds is 6. The van der Waals surface area contributed by atoms with E-state index in [4.69, 9.17) is 5.11 Å². The zero-order valence-electron chi connectivity index (χ0n) is 12.8. The van der Waals surface area contributed by atoms with Gasteiger partial charge in [0.25, 0.3) is 0 Å². The highest BCUT2D eigenvalue weighted by Crippen LogP contribution is 2.25. The van der Waals surface area contributed by atoms with Gasteiger partial charge in [0, 0.05) is 32.2 Å². The van der Waals surface area contributed by atoms with Gasteiger partial charge in [0.05, 0.1) is 0 Å². The van der Waals surface area contributed by atoms with E-state index in [1.165, 1.54) is 25.7 Å². The van der Waals surface area contributed by atoms with Crippen LogP contribution in [-0.2, 0) is 4.79 Å². The third kappa shape index (κ3) is 4.45. The Bertz CT molecular complexity index is 303. The van der Waals surface area contributed by atoms with Crippen LogP contribution in [0.5, 0.6) is 0 Å². The van der Waals surface area contributed by atoms with Crippen molar-refractivity contribution in [1.29, 1.82) is 0 Å². The Labute approximate surface area is 122 Å². The molecule has 0 spiro atoms. The highest BCUT2D eigenvalue weighted by atomic mass is 16.3. The summed E-state index contributed by atoms with van der Waals surface area (Å²) in [6, 6.07) is 0.413. The number of carbonyl (C=O) groups excluding carboxylic acids is 1. The largest absolute Gasteiger partial charge is 0.396 e. The van der Waals surface area contributed by atoms with Crippen LogP contribution < -0.4 is 5.32 Å². The Hall–Kier alpha value is -0.610. The summed E-state index contributed by atoms with van der Waals surface area (Å²) < 4.78 is 0. The van der Waals surface area contributed by atoms with Crippen LogP contribution in [0.1, 0.15) is 51.9 Å². The zero-order valence-corrected chi connectivity index (χ0v) is 12.8. The van der Waals surface area contributed by atoms with Crippen molar-refractivity contribution in [2.75, 3.05) is 26.2 Å². The number of hydrogen-bond donors (Lipinski definition) is 2. The highest BCUT2D eigenvalue weighted by Gasteiger charge is 2.29. The monoisotopic (exact) mass is 282 g/mol. The number of aliphatic hydroxyl groups is 1. The molecule has 2 N–H and O–H groups in total. The lowest BCUT2D eigenvalue weighted by Crippen LogP contribution is -2.52. The van der Waals surface area contributed by atoms with Crippen molar-refractivity contribution < 1.29 is 9.90 Å². The molecule has 1 saturated carbocycles. The molecule has 2 aliphatic rings. The summed E-state index contributed by atoms with van der Waals surface area (Å²) in [5, 5.41) is 12.9. The van der Waals surface area contributed by atoms with Crippen molar-refractivity contribution in [2.45, 2.75) is 57.9 Å². The van der Waals surface area contributed by atoms with Gasteiger partial charge in [-0.05, 0) is 44.1 Å². The molecule has 2 atom stereocenters. The first kappa shape index (κ1) is 15.8. The first-order chi connectivity index (χ1) is 9.72. The molecule has 4 heteroatoms. The summed E-state index contributed by atoms with van der Waals surface area (Å²) >= 11 is 0. The minimum absolute atomic E-state index is 0.230. The van der Waals surface area contributed by atoms with Crippen molar-refractivity contribution in [3.8, 4) is 0 Å². The number of carbonyl (C=O) groups is 1. The van der Waals surface area contributed by atoms with Crippen molar-refractivity contribution >= 4 is 5.91 Å². The van der Waals surface area contributed by atoms with Crippen LogP contribution in [0.25, 0.3) is 0 Å². The molecule has 1 amide bonds. The molecule has 4 nitrogen and oxygen atoms in total. The average molecular weight is 282 g/mol. The van der Waals surface area contributed by atoms with Gasteiger partial charge in [0.2, 0.25) is 5.91 Å². The Morgan fingerprint density at radius 2 is 2.00 bits per heavy atom. The molecule has 2 rings (SSSR count). The smallest absolute Gasteiger partial charge is 0.222 e. The Balaban J connectivity index is 1.83. The summed E-state index contributed by atoms with van der Waals surface area (Å²) in [5.74, 6) is 1.54. The predicted molar refractivity (Wildman–Crippen MR) is 80.4 cm³/mol. The van der Waals surface area contributed by atoms with Gasteiger partial charge in [0.1, 0.15) is 0 Å². The van der Waals surface area contributed by atoms with Gasteiger partial charge in [-0.3, -0.25) is 4.79 Å². The van der Waals surface area contributed by atoms with Crippen molar-refractivity contribution in [3.05, 3.63) is 0 Å². The Kier molecular flexibility index (Phi) is 6.30. The molecule has 20 heavy (non-hydrogen) atoms. The summed E-state index contributed by atoms with van der Waals surface area (Å²) in [7, 11) is 0. The molecular formula is C16H30N2O2. The van der Waals surface area contributed by atoms with Crippen LogP contribution >= 0.6 is 0 Å². The summed E-state index contributed by atoms with van der Waals surface area (Å²) in [5.41, 5.74) is 0. The first-order valence-electron chi connectivity index (χ1n) is 8.35. The van der Waals surface area contributed by atoms with E-state index >= 15 is 0 Å². The molecule has 2 unspecified atom stereocenters. The van der Waals surface area contributed by atoms with Crippen molar-refractivity contribution in [3.63, 3.8) is 0 Å². The number of amides is 1. The van der Waals surface area contributed by atoms with E-state index in [0.29, 0.717) is 18.4 Å². The maximum atomic E-state index is 12.0. The molecule has 0 aromatic heterocycles. The lowest BCUT2D eigenvalue weighted by atomic mass is 9.91. The summed E-state index contributed by atoms with van der Waals surface area (Å²) in [6.07, 6.45) is 7.97. The average Bonchev–Trinajstić information content (AvgIpc) is 2.97. The van der Waals surface area contributed by atoms with Gasteiger partial charge in [-0.15, -0.1) is 0 Å². The molecule has 1 saturated heterocycles. The molecule has 1 aliphatic heterocycles. The molecular weight excluding hydrogens is 252 g/mol. The quantitative estimate of drug-likeness (QED) is 0.781. The number of aliphatic hydroxyl groups excluding tert-OH is 1. The van der Waals surface area contributed by atoms with Crippen molar-refractivity contribution in [2.24, 2.45) is 11.8 Å². The Morgan fingerprint density at radius 3 is 2.65 bits per heavy atom. The molecule has 116 valence electrons. The fourth-order valence-corrected chi connectivity index (χ4v) is 3.72. The second kappa shape index (κ2) is 7.99. The lowest BCUT2D eigenvalue weighted by molar-refractivity contribution is -0.133. The SMILES string of the molecule is CCC(=O)N1CC(CCO)CC(NCC2CCCC2)C1. The molecule has 2 fully saturated rings. The lowest BCUT2D eigenvalue weighted by Gasteiger charge is -2.38. The second-order valence-corrected chi connectivity index (χ2v) is 6.52. The van der Waals surface area contributed by atoms with Gasteiger partial charge in [-0.1, -0.05) is 19.8 Å². The number of nitrogens with one attached hydrogen (secondary N) is 1. The number of hydrogen-bond acceptors (Lipinski definition) is 3. The molecule has 1 aliphatic carbocycles. The highest BCUT2D eigenvalue weighted by molar-refractivity contribution is 5.76. The van der Waals surface area contributed by atoms with Gasteiger partial charge in [-0.25, -0.2) is 0 Å². The van der Waals surface area contributed by atoms with E-state index < -0.39 is 0 Å². The van der Waals surface area contributed by atoms with Crippen LogP contribution in [0.2, 0.25) is 0 Å². The summed E-state index contributed by atoms with van der Waals surface area (Å²) in [4.78, 5) is 14.0. The van der Waals surface area contributed by atoms with Crippen LogP contribution in [-0.4, -0.2) is 48.2 Å². The molecule has 0 bridgehead atoms. The second-order valence-electron chi connectivity index (χ2n) is 6.52.